The van der Waals surface area contributed by atoms with E-state index in [2.05, 4.69) is 17.2 Å². The summed E-state index contributed by atoms with van der Waals surface area (Å²) in [5, 5.41) is 11.6. The van der Waals surface area contributed by atoms with Crippen LogP contribution in [0.1, 0.15) is 27.9 Å². The number of rotatable bonds is 5. The van der Waals surface area contributed by atoms with Crippen LogP contribution >= 0.6 is 0 Å². The molecule has 4 heteroatoms. The van der Waals surface area contributed by atoms with Gasteiger partial charge in [0.1, 0.15) is 0 Å². The van der Waals surface area contributed by atoms with E-state index in [1.54, 1.807) is 6.07 Å². The van der Waals surface area contributed by atoms with Crippen LogP contribution in [0.2, 0.25) is 0 Å². The van der Waals surface area contributed by atoms with Crippen molar-refractivity contribution < 1.29 is 9.90 Å². The molecule has 0 aliphatic rings. The largest absolute Gasteiger partial charge is 0.395 e. The van der Waals surface area contributed by atoms with Gasteiger partial charge >= 0.3 is 0 Å². The molecule has 0 heterocycles. The third-order valence-electron chi connectivity index (χ3n) is 2.80. The van der Waals surface area contributed by atoms with Crippen LogP contribution in [-0.2, 0) is 0 Å². The molecule has 1 aromatic carbocycles. The van der Waals surface area contributed by atoms with E-state index in [-0.39, 0.29) is 12.5 Å². The standard InChI is InChI=1S/C16H22N2O2/c1-13-7-8-14(6-4-5-11-19)12-15(13)16(20)17-9-10-18(2)3/h7-8,12,19H,5,9-11H2,1-3H3,(H,17,20). The van der Waals surface area contributed by atoms with Gasteiger partial charge in [-0.25, -0.2) is 0 Å². The van der Waals surface area contributed by atoms with E-state index in [1.807, 2.05) is 38.1 Å². The Kier molecular flexibility index (Phi) is 6.78. The molecule has 0 fully saturated rings. The number of carbonyl (C=O) groups excluding carboxylic acids is 1. The van der Waals surface area contributed by atoms with Gasteiger partial charge in [0.15, 0.2) is 0 Å². The predicted octanol–water partition coefficient (Wildman–Crippen LogP) is 1.02. The molecular formula is C16H22N2O2. The maximum atomic E-state index is 12.1. The minimum atomic E-state index is -0.0739. The number of aryl methyl sites for hydroxylation is 1. The van der Waals surface area contributed by atoms with E-state index in [4.69, 9.17) is 5.11 Å². The van der Waals surface area contributed by atoms with Crippen LogP contribution in [0.15, 0.2) is 18.2 Å². The fourth-order valence-electron chi connectivity index (χ4n) is 1.65. The maximum Gasteiger partial charge on any atom is 0.251 e. The Labute approximate surface area is 120 Å². The van der Waals surface area contributed by atoms with Gasteiger partial charge in [-0.2, -0.15) is 0 Å². The highest BCUT2D eigenvalue weighted by molar-refractivity contribution is 5.96. The van der Waals surface area contributed by atoms with Crippen molar-refractivity contribution in [3.8, 4) is 11.8 Å². The number of nitrogens with one attached hydrogen (secondary N) is 1. The summed E-state index contributed by atoms with van der Waals surface area (Å²) in [6.45, 7) is 3.38. The van der Waals surface area contributed by atoms with E-state index < -0.39 is 0 Å². The molecular weight excluding hydrogens is 252 g/mol. The van der Waals surface area contributed by atoms with Gasteiger partial charge in [0, 0.05) is 30.6 Å². The molecule has 0 aliphatic carbocycles. The fraction of sp³-hybridized carbons (Fsp3) is 0.438. The van der Waals surface area contributed by atoms with Crippen LogP contribution < -0.4 is 5.32 Å². The smallest absolute Gasteiger partial charge is 0.251 e. The minimum absolute atomic E-state index is 0.0523. The molecule has 0 radical (unpaired) electrons. The number of likely N-dealkylation sites (N-methyl/N-ethyl adjacent to an activating group) is 1. The molecule has 1 rings (SSSR count). The summed E-state index contributed by atoms with van der Waals surface area (Å²) < 4.78 is 0. The number of hydrogen-bond donors (Lipinski definition) is 2. The van der Waals surface area contributed by atoms with Crippen LogP contribution in [0, 0.1) is 18.8 Å². The van der Waals surface area contributed by atoms with Crippen molar-refractivity contribution in [3.05, 3.63) is 34.9 Å². The first-order valence-corrected chi connectivity index (χ1v) is 6.68. The summed E-state index contributed by atoms with van der Waals surface area (Å²) in [6, 6.07) is 5.57. The third-order valence-corrected chi connectivity index (χ3v) is 2.80. The van der Waals surface area contributed by atoms with Crippen LogP contribution in [-0.4, -0.2) is 49.7 Å². The number of benzene rings is 1. The summed E-state index contributed by atoms with van der Waals surface area (Å²) in [5.74, 6) is 5.73. The molecule has 108 valence electrons. The van der Waals surface area contributed by atoms with Crippen LogP contribution in [0.3, 0.4) is 0 Å². The Balaban J connectivity index is 2.75. The summed E-state index contributed by atoms with van der Waals surface area (Å²) in [7, 11) is 3.93. The zero-order valence-electron chi connectivity index (χ0n) is 12.4. The van der Waals surface area contributed by atoms with Gasteiger partial charge in [-0.3, -0.25) is 4.79 Å². The second kappa shape index (κ2) is 8.36. The van der Waals surface area contributed by atoms with Crippen molar-refractivity contribution in [1.82, 2.24) is 10.2 Å². The zero-order chi connectivity index (χ0) is 15.0. The third kappa shape index (κ3) is 5.43. The van der Waals surface area contributed by atoms with Gasteiger partial charge in [0.25, 0.3) is 5.91 Å². The van der Waals surface area contributed by atoms with E-state index in [0.29, 0.717) is 18.5 Å². The molecule has 0 aliphatic heterocycles. The number of carbonyl (C=O) groups is 1. The van der Waals surface area contributed by atoms with E-state index >= 15 is 0 Å². The first-order valence-electron chi connectivity index (χ1n) is 6.68. The minimum Gasteiger partial charge on any atom is -0.395 e. The van der Waals surface area contributed by atoms with Crippen molar-refractivity contribution in [1.29, 1.82) is 0 Å². The number of aliphatic hydroxyl groups is 1. The molecule has 0 bridgehead atoms. The summed E-state index contributed by atoms with van der Waals surface area (Å²) >= 11 is 0. The Hall–Kier alpha value is -1.83. The molecule has 0 aromatic heterocycles. The molecule has 0 saturated heterocycles. The van der Waals surface area contributed by atoms with Crippen LogP contribution in [0.4, 0.5) is 0 Å². The summed E-state index contributed by atoms with van der Waals surface area (Å²) in [4.78, 5) is 14.1. The highest BCUT2D eigenvalue weighted by Crippen LogP contribution is 2.10. The van der Waals surface area contributed by atoms with Crippen molar-refractivity contribution in [2.45, 2.75) is 13.3 Å². The first kappa shape index (κ1) is 16.2. The molecule has 0 unspecified atom stereocenters. The number of aliphatic hydroxyl groups excluding tert-OH is 1. The summed E-state index contributed by atoms with van der Waals surface area (Å²) in [5.41, 5.74) is 2.38. The van der Waals surface area contributed by atoms with Gasteiger partial charge in [-0.05, 0) is 38.7 Å². The lowest BCUT2D eigenvalue weighted by atomic mass is 10.0. The average molecular weight is 274 g/mol. The molecule has 20 heavy (non-hydrogen) atoms. The van der Waals surface area contributed by atoms with Crippen molar-refractivity contribution in [2.24, 2.45) is 0 Å². The van der Waals surface area contributed by atoms with Gasteiger partial charge in [0.2, 0.25) is 0 Å². The topological polar surface area (TPSA) is 52.6 Å². The Morgan fingerprint density at radius 3 is 2.80 bits per heavy atom. The SMILES string of the molecule is Cc1ccc(C#CCCO)cc1C(=O)NCCN(C)C. The normalized spacial score (nSPS) is 10.1. The molecule has 4 nitrogen and oxygen atoms in total. The second-order valence-corrected chi connectivity index (χ2v) is 4.86. The lowest BCUT2D eigenvalue weighted by molar-refractivity contribution is 0.0950. The zero-order valence-corrected chi connectivity index (χ0v) is 12.4. The molecule has 2 N–H and O–H groups in total. The van der Waals surface area contributed by atoms with E-state index in [1.165, 1.54) is 0 Å². The number of hydrogen-bond acceptors (Lipinski definition) is 3. The molecule has 0 saturated carbocycles. The quantitative estimate of drug-likeness (QED) is 0.788. The van der Waals surface area contributed by atoms with Gasteiger partial charge in [-0.1, -0.05) is 17.9 Å². The highest BCUT2D eigenvalue weighted by Gasteiger charge is 2.08. The van der Waals surface area contributed by atoms with Crippen molar-refractivity contribution >= 4 is 5.91 Å². The van der Waals surface area contributed by atoms with Gasteiger partial charge in [-0.15, -0.1) is 0 Å². The van der Waals surface area contributed by atoms with Crippen molar-refractivity contribution in [2.75, 3.05) is 33.8 Å². The van der Waals surface area contributed by atoms with Crippen LogP contribution in [0.5, 0.6) is 0 Å². The highest BCUT2D eigenvalue weighted by atomic mass is 16.2. The average Bonchev–Trinajstić information content (AvgIpc) is 2.40. The molecule has 1 aromatic rings. The Bertz CT molecular complexity index is 513. The second-order valence-electron chi connectivity index (χ2n) is 4.86. The molecule has 0 atom stereocenters. The Morgan fingerprint density at radius 1 is 1.40 bits per heavy atom. The fourth-order valence-corrected chi connectivity index (χ4v) is 1.65. The lowest BCUT2D eigenvalue weighted by Crippen LogP contribution is -2.31. The van der Waals surface area contributed by atoms with E-state index in [9.17, 15) is 4.79 Å². The predicted molar refractivity (Wildman–Crippen MR) is 80.6 cm³/mol. The van der Waals surface area contributed by atoms with Crippen LogP contribution in [0.25, 0.3) is 0 Å². The summed E-state index contributed by atoms with van der Waals surface area (Å²) in [6.07, 6.45) is 0.443. The maximum absolute atomic E-state index is 12.1. The van der Waals surface area contributed by atoms with Crippen molar-refractivity contribution in [3.63, 3.8) is 0 Å². The van der Waals surface area contributed by atoms with Gasteiger partial charge in [0.05, 0.1) is 6.61 Å². The molecule has 0 spiro atoms. The van der Waals surface area contributed by atoms with E-state index in [0.717, 1.165) is 17.7 Å². The number of nitrogens with zero attached hydrogens (tertiary/aromatic N) is 1. The lowest BCUT2D eigenvalue weighted by Gasteiger charge is -2.11. The Morgan fingerprint density at radius 2 is 2.15 bits per heavy atom. The molecule has 1 amide bonds. The number of amides is 1. The monoisotopic (exact) mass is 274 g/mol. The first-order chi connectivity index (χ1) is 9.54. The van der Waals surface area contributed by atoms with Gasteiger partial charge < -0.3 is 15.3 Å².